The highest BCUT2D eigenvalue weighted by Crippen LogP contribution is 2.27. The third kappa shape index (κ3) is 10.7. The molecule has 0 spiro atoms. The fraction of sp³-hybridized carbons (Fsp3) is 0.538. The Hall–Kier alpha value is -3.34. The van der Waals surface area contributed by atoms with E-state index in [1.54, 1.807) is 0 Å². The molecule has 5 heteroatoms. The summed E-state index contributed by atoms with van der Waals surface area (Å²) in [7, 11) is 0. The molecule has 0 N–H and O–H groups in total. The lowest BCUT2D eigenvalue weighted by Crippen LogP contribution is -2.33. The molecule has 238 valence electrons. The Bertz CT molecular complexity index is 1350. The molecule has 3 rings (SSSR count). The molecule has 1 heterocycles. The minimum Gasteiger partial charge on any atom is -0.300 e. The molecule has 44 heavy (non-hydrogen) atoms. The highest BCUT2D eigenvalue weighted by Gasteiger charge is 2.24. The van der Waals surface area contributed by atoms with E-state index in [1.807, 2.05) is 47.9 Å². The molecule has 1 aromatic heterocycles. The number of unbranched alkanes of at least 4 members (excludes halogenated alkanes) is 1. The molecule has 0 aliphatic rings. The molecule has 5 nitrogen and oxygen atoms in total. The van der Waals surface area contributed by atoms with Crippen LogP contribution in [0.25, 0.3) is 0 Å². The summed E-state index contributed by atoms with van der Waals surface area (Å²) in [5.41, 5.74) is 3.63. The van der Waals surface area contributed by atoms with Crippen molar-refractivity contribution >= 4 is 11.6 Å². The second-order valence-electron chi connectivity index (χ2n) is 13.6. The van der Waals surface area contributed by atoms with Gasteiger partial charge in [0.15, 0.2) is 0 Å². The van der Waals surface area contributed by atoms with E-state index in [9.17, 15) is 14.4 Å². The van der Waals surface area contributed by atoms with Gasteiger partial charge in [-0.2, -0.15) is 0 Å². The summed E-state index contributed by atoms with van der Waals surface area (Å²) in [5.74, 6) is 1.77. The number of aryl methyl sites for hydroxylation is 2. The average molecular weight is 599 g/mol. The van der Waals surface area contributed by atoms with Gasteiger partial charge in [-0.1, -0.05) is 121 Å². The highest BCUT2D eigenvalue weighted by atomic mass is 16.1. The summed E-state index contributed by atoms with van der Waals surface area (Å²) in [6.45, 7) is 12.5. The number of hydrogen-bond acceptors (Lipinski definition) is 4. The summed E-state index contributed by atoms with van der Waals surface area (Å²) < 4.78 is 1.84. The van der Waals surface area contributed by atoms with E-state index in [4.69, 9.17) is 4.98 Å². The van der Waals surface area contributed by atoms with E-state index >= 15 is 0 Å². The molecule has 0 bridgehead atoms. The first kappa shape index (κ1) is 35.1. The maximum absolute atomic E-state index is 14.1. The van der Waals surface area contributed by atoms with Gasteiger partial charge >= 0.3 is 0 Å². The minimum atomic E-state index is -0.272. The van der Waals surface area contributed by atoms with Gasteiger partial charge in [-0.3, -0.25) is 19.0 Å². The molecule has 0 amide bonds. The van der Waals surface area contributed by atoms with Crippen LogP contribution in [0.2, 0.25) is 0 Å². The van der Waals surface area contributed by atoms with Gasteiger partial charge in [-0.25, -0.2) is 4.98 Å². The number of benzene rings is 2. The third-order valence-corrected chi connectivity index (χ3v) is 8.55. The Morgan fingerprint density at radius 2 is 1.41 bits per heavy atom. The van der Waals surface area contributed by atoms with E-state index in [0.717, 1.165) is 60.9 Å². The molecule has 1 atom stereocenters. The topological polar surface area (TPSA) is 69.0 Å². The van der Waals surface area contributed by atoms with E-state index in [0.29, 0.717) is 56.1 Å². The Morgan fingerprint density at radius 1 is 0.795 bits per heavy atom. The van der Waals surface area contributed by atoms with Crippen LogP contribution in [0, 0.1) is 18.3 Å². The molecule has 0 fully saturated rings. The predicted octanol–water partition coefficient (Wildman–Crippen LogP) is 9.02. The second kappa shape index (κ2) is 17.2. The lowest BCUT2D eigenvalue weighted by Gasteiger charge is -2.24. The van der Waals surface area contributed by atoms with Crippen molar-refractivity contribution in [2.45, 2.75) is 125 Å². The van der Waals surface area contributed by atoms with E-state index < -0.39 is 0 Å². The smallest absolute Gasteiger partial charge is 0.257 e. The SMILES string of the molecule is CCCc1c(CCC(=O)CCC(CC)CCCCC(=O)CC(C)(C)C)nc(C)n(C(c2ccccc2)c2ccccc2)c1=O. The lowest BCUT2D eigenvalue weighted by molar-refractivity contribution is -0.121. The number of aromatic nitrogens is 2. The van der Waals surface area contributed by atoms with Crippen LogP contribution in [0.15, 0.2) is 65.5 Å². The van der Waals surface area contributed by atoms with Crippen LogP contribution in [-0.4, -0.2) is 21.1 Å². The van der Waals surface area contributed by atoms with Gasteiger partial charge < -0.3 is 0 Å². The van der Waals surface area contributed by atoms with Crippen molar-refractivity contribution in [1.82, 2.24) is 9.55 Å². The Kier molecular flexibility index (Phi) is 13.8. The minimum absolute atomic E-state index is 0.00784. The zero-order valence-corrected chi connectivity index (χ0v) is 28.0. The van der Waals surface area contributed by atoms with Crippen molar-refractivity contribution in [1.29, 1.82) is 0 Å². The van der Waals surface area contributed by atoms with Gasteiger partial charge in [-0.05, 0) is 55.1 Å². The molecule has 0 saturated carbocycles. The van der Waals surface area contributed by atoms with E-state index in [2.05, 4.69) is 58.9 Å². The largest absolute Gasteiger partial charge is 0.300 e. The molecule has 3 aromatic rings. The molecular formula is C39H54N2O3. The maximum Gasteiger partial charge on any atom is 0.257 e. The first-order chi connectivity index (χ1) is 21.0. The van der Waals surface area contributed by atoms with Crippen molar-refractivity contribution in [3.8, 4) is 0 Å². The first-order valence-electron chi connectivity index (χ1n) is 16.8. The number of carbonyl (C=O) groups excluding carboxylic acids is 2. The first-order valence-corrected chi connectivity index (χ1v) is 16.8. The van der Waals surface area contributed by atoms with Crippen LogP contribution in [0.4, 0.5) is 0 Å². The Balaban J connectivity index is 1.66. The third-order valence-electron chi connectivity index (χ3n) is 8.55. The maximum atomic E-state index is 14.1. The van der Waals surface area contributed by atoms with Crippen molar-refractivity contribution in [2.24, 2.45) is 11.3 Å². The lowest BCUT2D eigenvalue weighted by atomic mass is 9.87. The van der Waals surface area contributed by atoms with Gasteiger partial charge in [-0.15, -0.1) is 0 Å². The highest BCUT2D eigenvalue weighted by molar-refractivity contribution is 5.79. The zero-order valence-electron chi connectivity index (χ0n) is 28.0. The predicted molar refractivity (Wildman–Crippen MR) is 181 cm³/mol. The van der Waals surface area contributed by atoms with Crippen LogP contribution in [0.1, 0.15) is 133 Å². The van der Waals surface area contributed by atoms with Crippen molar-refractivity contribution in [3.05, 3.63) is 99.2 Å². The molecule has 0 aliphatic carbocycles. The Labute approximate surface area is 265 Å². The van der Waals surface area contributed by atoms with Gasteiger partial charge in [0, 0.05) is 31.2 Å². The number of rotatable bonds is 18. The Morgan fingerprint density at radius 3 is 1.95 bits per heavy atom. The number of hydrogen-bond donors (Lipinski definition) is 0. The summed E-state index contributed by atoms with van der Waals surface area (Å²) >= 11 is 0. The van der Waals surface area contributed by atoms with Crippen molar-refractivity contribution in [3.63, 3.8) is 0 Å². The fourth-order valence-corrected chi connectivity index (χ4v) is 6.24. The summed E-state index contributed by atoms with van der Waals surface area (Å²) in [4.78, 5) is 44.3. The standard InChI is InChI=1S/C39H54N2O3/c1-7-17-35-36(27-26-33(42)25-24-30(8-2)18-15-16-23-34(43)28-39(4,5)6)40-29(3)41(38(35)44)37(31-19-11-9-12-20-31)32-21-13-10-14-22-32/h9-14,19-22,30,37H,7-8,15-18,23-28H2,1-6H3. The number of nitrogens with zero attached hydrogens (tertiary/aromatic N) is 2. The fourth-order valence-electron chi connectivity index (χ4n) is 6.24. The van der Waals surface area contributed by atoms with Crippen LogP contribution < -0.4 is 5.56 Å². The van der Waals surface area contributed by atoms with E-state index in [-0.39, 0.29) is 22.8 Å². The average Bonchev–Trinajstić information content (AvgIpc) is 2.99. The van der Waals surface area contributed by atoms with Gasteiger partial charge in [0.1, 0.15) is 17.4 Å². The summed E-state index contributed by atoms with van der Waals surface area (Å²) in [5, 5.41) is 0. The van der Waals surface area contributed by atoms with Crippen molar-refractivity contribution < 1.29 is 9.59 Å². The number of ketones is 2. The van der Waals surface area contributed by atoms with E-state index in [1.165, 1.54) is 0 Å². The summed E-state index contributed by atoms with van der Waals surface area (Å²) in [6.07, 6.45) is 9.22. The molecule has 0 saturated heterocycles. The van der Waals surface area contributed by atoms with Crippen LogP contribution in [-0.2, 0) is 22.4 Å². The normalized spacial score (nSPS) is 12.4. The van der Waals surface area contributed by atoms with Gasteiger partial charge in [0.25, 0.3) is 5.56 Å². The van der Waals surface area contributed by atoms with Crippen LogP contribution >= 0.6 is 0 Å². The van der Waals surface area contributed by atoms with Gasteiger partial charge in [0.05, 0.1) is 11.7 Å². The second-order valence-corrected chi connectivity index (χ2v) is 13.6. The summed E-state index contributed by atoms with van der Waals surface area (Å²) in [6, 6.07) is 20.0. The monoisotopic (exact) mass is 598 g/mol. The molecule has 2 aromatic carbocycles. The molecule has 1 unspecified atom stereocenters. The quantitative estimate of drug-likeness (QED) is 0.137. The molecule has 0 radical (unpaired) electrons. The van der Waals surface area contributed by atoms with Crippen molar-refractivity contribution in [2.75, 3.05) is 0 Å². The van der Waals surface area contributed by atoms with Gasteiger partial charge in [0.2, 0.25) is 0 Å². The van der Waals surface area contributed by atoms with Crippen LogP contribution in [0.5, 0.6) is 0 Å². The number of Topliss-reactive ketones (excluding diaryl/α,β-unsaturated/α-hetero) is 2. The number of carbonyl (C=O) groups is 2. The molecule has 0 aliphatic heterocycles. The van der Waals surface area contributed by atoms with Crippen LogP contribution in [0.3, 0.4) is 0 Å². The zero-order chi connectivity index (χ0) is 32.1. The molecular weight excluding hydrogens is 544 g/mol.